The smallest absolute Gasteiger partial charge is 0.370 e. The molecule has 38 heavy (non-hydrogen) atoms. The summed E-state index contributed by atoms with van der Waals surface area (Å²) < 4.78 is 41.9. The predicted molar refractivity (Wildman–Crippen MR) is 146 cm³/mol. The largest absolute Gasteiger partial charge is 0.393 e. The second-order valence-corrected chi connectivity index (χ2v) is 11.6. The molecule has 204 valence electrons. The summed E-state index contributed by atoms with van der Waals surface area (Å²) in [6.07, 6.45) is -1.95. The lowest BCUT2D eigenvalue weighted by atomic mass is 9.97. The molecule has 2 fully saturated rings. The predicted octanol–water partition coefficient (Wildman–Crippen LogP) is 7.47. The Labute approximate surface area is 233 Å². The van der Waals surface area contributed by atoms with Crippen LogP contribution in [0.2, 0.25) is 15.1 Å². The number of imidazole rings is 1. The highest BCUT2D eigenvalue weighted by Gasteiger charge is 2.44. The second-order valence-electron chi connectivity index (χ2n) is 10.4. The number of carbonyl (C=O) groups is 1. The summed E-state index contributed by atoms with van der Waals surface area (Å²) >= 11 is 19.7. The van der Waals surface area contributed by atoms with Crippen molar-refractivity contribution in [3.05, 3.63) is 44.9 Å². The number of nitrogens with zero attached hydrogens (tertiary/aromatic N) is 3. The van der Waals surface area contributed by atoms with Gasteiger partial charge in [-0.15, -0.1) is 0 Å². The molecule has 1 atom stereocenters. The third-order valence-electron chi connectivity index (χ3n) is 7.57. The molecule has 2 aliphatic rings. The molecular weight excluding hydrogens is 562 g/mol. The minimum Gasteiger partial charge on any atom is -0.370 e. The standard InChI is InChI=1S/C26H27Cl3F3N5O/c1-25(7-8-25)23(38)33-12-14-5-6-16(27)22(21(14)29)35-24-34-18-10-17(28)19(11-20(18)36(24)2)37-9-3-4-15(13-37)26(30,31)32/h5-6,10-11,15H,3-4,7-9,12-13H2,1-2H3,(H,33,38)(H,34,35). The van der Waals surface area contributed by atoms with Gasteiger partial charge in [0.2, 0.25) is 11.9 Å². The summed E-state index contributed by atoms with van der Waals surface area (Å²) in [7, 11) is 1.78. The molecule has 1 amide bonds. The van der Waals surface area contributed by atoms with Crippen LogP contribution in [-0.2, 0) is 18.4 Å². The number of halogens is 6. The van der Waals surface area contributed by atoms with Crippen LogP contribution in [0.3, 0.4) is 0 Å². The van der Waals surface area contributed by atoms with Crippen LogP contribution in [0.4, 0.5) is 30.5 Å². The van der Waals surface area contributed by atoms with Crippen LogP contribution in [0.1, 0.15) is 38.2 Å². The summed E-state index contributed by atoms with van der Waals surface area (Å²) in [5, 5.41) is 7.19. The molecule has 2 heterocycles. The van der Waals surface area contributed by atoms with Gasteiger partial charge in [0.05, 0.1) is 43.4 Å². The summed E-state index contributed by atoms with van der Waals surface area (Å²) in [6, 6.07) is 6.88. The van der Waals surface area contributed by atoms with Crippen molar-refractivity contribution in [2.45, 2.75) is 45.3 Å². The van der Waals surface area contributed by atoms with Crippen LogP contribution < -0.4 is 15.5 Å². The zero-order chi connectivity index (χ0) is 27.4. The Hall–Kier alpha value is -2.36. The summed E-state index contributed by atoms with van der Waals surface area (Å²) in [6.45, 7) is 2.55. The van der Waals surface area contributed by atoms with Gasteiger partial charge in [-0.2, -0.15) is 13.2 Å². The van der Waals surface area contributed by atoms with Crippen molar-refractivity contribution in [3.8, 4) is 0 Å². The molecule has 1 aromatic heterocycles. The van der Waals surface area contributed by atoms with Crippen LogP contribution in [0.25, 0.3) is 11.0 Å². The Kier molecular flexibility index (Phi) is 7.16. The minimum atomic E-state index is -4.25. The number of carbonyl (C=O) groups excluding carboxylic acids is 1. The maximum Gasteiger partial charge on any atom is 0.393 e. The van der Waals surface area contributed by atoms with E-state index in [-0.39, 0.29) is 30.8 Å². The van der Waals surface area contributed by atoms with E-state index in [4.69, 9.17) is 34.8 Å². The molecule has 3 aromatic rings. The van der Waals surface area contributed by atoms with Crippen molar-refractivity contribution in [1.82, 2.24) is 14.9 Å². The fourth-order valence-corrected chi connectivity index (χ4v) is 5.59. The normalized spacial score (nSPS) is 19.1. The summed E-state index contributed by atoms with van der Waals surface area (Å²) in [5.74, 6) is -0.966. The van der Waals surface area contributed by atoms with E-state index in [1.807, 2.05) is 6.92 Å². The Bertz CT molecular complexity index is 1400. The van der Waals surface area contributed by atoms with Gasteiger partial charge in [-0.25, -0.2) is 4.98 Å². The number of fused-ring (bicyclic) bond motifs is 1. The van der Waals surface area contributed by atoms with Gasteiger partial charge in [-0.05, 0) is 49.4 Å². The van der Waals surface area contributed by atoms with Gasteiger partial charge < -0.3 is 20.1 Å². The fraction of sp³-hybridized carbons (Fsp3) is 0.462. The number of alkyl halides is 3. The van der Waals surface area contributed by atoms with E-state index in [1.165, 1.54) is 0 Å². The number of rotatable bonds is 6. The lowest BCUT2D eigenvalue weighted by molar-refractivity contribution is -0.176. The second kappa shape index (κ2) is 9.99. The summed E-state index contributed by atoms with van der Waals surface area (Å²) in [5.41, 5.74) is 2.64. The van der Waals surface area contributed by atoms with E-state index < -0.39 is 12.1 Å². The van der Waals surface area contributed by atoms with Gasteiger partial charge in [0.15, 0.2) is 0 Å². The molecule has 1 aliphatic heterocycles. The lowest BCUT2D eigenvalue weighted by Gasteiger charge is -2.35. The SMILES string of the molecule is Cn1c(Nc2c(Cl)ccc(CNC(=O)C3(C)CC3)c2Cl)nc2cc(Cl)c(N3CCCC(C(F)(F)F)C3)cc21. The Balaban J connectivity index is 1.41. The molecule has 1 saturated heterocycles. The molecule has 2 N–H and O–H groups in total. The van der Waals surface area contributed by atoms with Crippen molar-refractivity contribution in [1.29, 1.82) is 0 Å². The van der Waals surface area contributed by atoms with Crippen LogP contribution in [0, 0.1) is 11.3 Å². The Morgan fingerprint density at radius 2 is 1.92 bits per heavy atom. The zero-order valence-electron chi connectivity index (χ0n) is 20.9. The molecule has 0 radical (unpaired) electrons. The molecule has 2 aromatic carbocycles. The highest BCUT2D eigenvalue weighted by Crippen LogP contribution is 2.45. The third kappa shape index (κ3) is 5.25. The van der Waals surface area contributed by atoms with Gasteiger partial charge in [0.25, 0.3) is 0 Å². The van der Waals surface area contributed by atoms with Crippen LogP contribution in [0.5, 0.6) is 0 Å². The molecular formula is C26H27Cl3F3N5O. The first-order valence-corrected chi connectivity index (χ1v) is 13.5. The number of aromatic nitrogens is 2. The van der Waals surface area contributed by atoms with E-state index in [1.54, 1.807) is 40.8 Å². The fourth-order valence-electron chi connectivity index (χ4n) is 4.78. The zero-order valence-corrected chi connectivity index (χ0v) is 23.1. The average molecular weight is 589 g/mol. The van der Waals surface area contributed by atoms with E-state index in [9.17, 15) is 18.0 Å². The van der Waals surface area contributed by atoms with Crippen molar-refractivity contribution < 1.29 is 18.0 Å². The minimum absolute atomic E-state index is 0.00341. The summed E-state index contributed by atoms with van der Waals surface area (Å²) in [4.78, 5) is 18.7. The van der Waals surface area contributed by atoms with Crippen molar-refractivity contribution >= 4 is 69.1 Å². The third-order valence-corrected chi connectivity index (χ3v) is 8.62. The van der Waals surface area contributed by atoms with Crippen molar-refractivity contribution in [3.63, 3.8) is 0 Å². The van der Waals surface area contributed by atoms with E-state index >= 15 is 0 Å². The van der Waals surface area contributed by atoms with Gasteiger partial charge in [-0.1, -0.05) is 47.8 Å². The number of benzene rings is 2. The van der Waals surface area contributed by atoms with E-state index in [0.29, 0.717) is 62.0 Å². The molecule has 1 saturated carbocycles. The quantitative estimate of drug-likeness (QED) is 0.314. The number of piperidine rings is 1. The van der Waals surface area contributed by atoms with Crippen LogP contribution in [0.15, 0.2) is 24.3 Å². The molecule has 1 unspecified atom stereocenters. The topological polar surface area (TPSA) is 62.2 Å². The van der Waals surface area contributed by atoms with Crippen LogP contribution >= 0.6 is 34.8 Å². The highest BCUT2D eigenvalue weighted by atomic mass is 35.5. The highest BCUT2D eigenvalue weighted by molar-refractivity contribution is 6.39. The average Bonchev–Trinajstić information content (AvgIpc) is 3.55. The number of hydrogen-bond donors (Lipinski definition) is 2. The number of aryl methyl sites for hydroxylation is 1. The van der Waals surface area contributed by atoms with E-state index in [2.05, 4.69) is 15.6 Å². The first kappa shape index (κ1) is 27.2. The number of nitrogens with one attached hydrogen (secondary N) is 2. The number of anilines is 3. The molecule has 0 bridgehead atoms. The molecule has 6 nitrogen and oxygen atoms in total. The van der Waals surface area contributed by atoms with Crippen LogP contribution in [-0.4, -0.2) is 34.7 Å². The first-order valence-electron chi connectivity index (χ1n) is 12.4. The maximum atomic E-state index is 13.4. The van der Waals surface area contributed by atoms with E-state index in [0.717, 1.165) is 12.8 Å². The molecule has 1 aliphatic carbocycles. The lowest BCUT2D eigenvalue weighted by Crippen LogP contribution is -2.41. The molecule has 0 spiro atoms. The van der Waals surface area contributed by atoms with Crippen molar-refractivity contribution in [2.24, 2.45) is 18.4 Å². The monoisotopic (exact) mass is 587 g/mol. The molecule has 12 heteroatoms. The number of hydrogen-bond acceptors (Lipinski definition) is 4. The maximum absolute atomic E-state index is 13.4. The Morgan fingerprint density at radius 1 is 1.18 bits per heavy atom. The van der Waals surface area contributed by atoms with Gasteiger partial charge in [0, 0.05) is 32.1 Å². The van der Waals surface area contributed by atoms with Gasteiger partial charge >= 0.3 is 6.18 Å². The number of amides is 1. The first-order chi connectivity index (χ1) is 17.9. The Morgan fingerprint density at radius 3 is 2.61 bits per heavy atom. The van der Waals surface area contributed by atoms with Gasteiger partial charge in [-0.3, -0.25) is 4.79 Å². The van der Waals surface area contributed by atoms with Gasteiger partial charge in [0.1, 0.15) is 0 Å². The molecule has 5 rings (SSSR count). The van der Waals surface area contributed by atoms with Crippen molar-refractivity contribution in [2.75, 3.05) is 23.3 Å².